The largest absolute Gasteiger partial charge is 0 e. The maximum absolute atomic E-state index is 8.06. The maximum atomic E-state index is 8.06. The van der Waals surface area contributed by atoms with Gasteiger partial charge in [0.15, 0.2) is 0 Å². The minimum absolute atomic E-state index is 0. The SMILES string of the molecule is N#C[O][Ni]([O]C#N)([O]C#N)[O]C#N.[K]. The summed E-state index contributed by atoms with van der Waals surface area (Å²) in [6.07, 6.45) is 4.31. The van der Waals surface area contributed by atoms with Crippen LogP contribution in [0.25, 0.3) is 0 Å². The summed E-state index contributed by atoms with van der Waals surface area (Å²) in [5, 5.41) is 32.3. The standard InChI is InChI=1S/4CHNO.K.Ni/c4*2-1-3;;/h4*3H;;/q;;;;;+4/p-4. The van der Waals surface area contributed by atoms with Gasteiger partial charge in [-0.05, 0) is 0 Å². The number of rotatable bonds is 4. The first-order chi connectivity index (χ1) is 6.24. The van der Waals surface area contributed by atoms with Gasteiger partial charge in [0.2, 0.25) is 0 Å². The average Bonchev–Trinajstić information content (AvgIpc) is 2.06. The Kier molecular flexibility index (Phi) is 9.98. The van der Waals surface area contributed by atoms with E-state index in [-0.39, 0.29) is 51.4 Å². The van der Waals surface area contributed by atoms with Crippen LogP contribution in [-0.2, 0) is 29.2 Å². The molecule has 0 saturated carbocycles. The average molecular weight is 266 g/mol. The minimum atomic E-state index is -3.75. The molecule has 0 aliphatic rings. The summed E-state index contributed by atoms with van der Waals surface area (Å²) < 4.78 is 16.1. The Labute approximate surface area is 125 Å². The molecule has 0 rings (SSSR count). The van der Waals surface area contributed by atoms with E-state index in [0.717, 1.165) is 25.0 Å². The molecule has 71 valence electrons. The van der Waals surface area contributed by atoms with Gasteiger partial charge in [0.25, 0.3) is 0 Å². The van der Waals surface area contributed by atoms with Gasteiger partial charge >= 0.3 is 75.3 Å². The van der Waals surface area contributed by atoms with Gasteiger partial charge in [0.1, 0.15) is 0 Å². The van der Waals surface area contributed by atoms with Gasteiger partial charge in [0, 0.05) is 51.4 Å². The van der Waals surface area contributed by atoms with Crippen molar-refractivity contribution in [2.45, 2.75) is 0 Å². The van der Waals surface area contributed by atoms with Crippen LogP contribution in [0.1, 0.15) is 0 Å². The molecule has 0 saturated heterocycles. The van der Waals surface area contributed by atoms with E-state index in [4.69, 9.17) is 21.0 Å². The number of nitrogens with zero attached hydrogens (tertiary/aromatic N) is 4. The molecule has 0 spiro atoms. The molecule has 0 heterocycles. The first kappa shape index (κ1) is 15.7. The molecule has 0 aliphatic carbocycles. The van der Waals surface area contributed by atoms with Crippen LogP contribution in [0, 0.1) is 46.1 Å². The summed E-state index contributed by atoms with van der Waals surface area (Å²) in [4.78, 5) is 0. The van der Waals surface area contributed by atoms with Crippen molar-refractivity contribution in [3.05, 3.63) is 0 Å². The molecule has 0 aromatic carbocycles. The van der Waals surface area contributed by atoms with Gasteiger partial charge in [-0.25, -0.2) is 0 Å². The second-order valence-electron chi connectivity index (χ2n) is 0.940. The van der Waals surface area contributed by atoms with Gasteiger partial charge in [-0.3, -0.25) is 0 Å². The molecule has 0 atom stereocenters. The van der Waals surface area contributed by atoms with Crippen LogP contribution in [0.3, 0.4) is 0 Å². The first-order valence-electron chi connectivity index (χ1n) is 2.23. The van der Waals surface area contributed by atoms with Crippen LogP contribution in [0.5, 0.6) is 0 Å². The summed E-state index contributed by atoms with van der Waals surface area (Å²) >= 11 is -3.75. The fraction of sp³-hybridized carbons (Fsp3) is 0. The predicted octanol–water partition coefficient (Wildman–Crippen LogP) is -0.590. The molecule has 0 aliphatic heterocycles. The van der Waals surface area contributed by atoms with Crippen LogP contribution in [0.15, 0.2) is 0 Å². The van der Waals surface area contributed by atoms with E-state index in [9.17, 15) is 0 Å². The summed E-state index contributed by atoms with van der Waals surface area (Å²) in [5.74, 6) is 0. The Balaban J connectivity index is 0. The zero-order chi connectivity index (χ0) is 10.2. The zero-order valence-electron chi connectivity index (χ0n) is 6.74. The maximum Gasteiger partial charge on any atom is 0 e. The van der Waals surface area contributed by atoms with Gasteiger partial charge in [-0.15, -0.1) is 0 Å². The third kappa shape index (κ3) is 5.11. The molecule has 0 N–H and O–H groups in total. The van der Waals surface area contributed by atoms with Crippen LogP contribution < -0.4 is 0 Å². The molecule has 0 aromatic heterocycles. The predicted molar refractivity (Wildman–Crippen MR) is 32.5 cm³/mol. The third-order valence-electron chi connectivity index (χ3n) is 0.432. The molecular formula is C4KN4NiO4. The Morgan fingerprint density at radius 1 is 0.643 bits per heavy atom. The van der Waals surface area contributed by atoms with E-state index in [0.29, 0.717) is 0 Å². The van der Waals surface area contributed by atoms with Crippen molar-refractivity contribution in [2.24, 2.45) is 0 Å². The molecule has 0 bridgehead atoms. The summed E-state index contributed by atoms with van der Waals surface area (Å²) in [6.45, 7) is 0. The van der Waals surface area contributed by atoms with E-state index < -0.39 is 13.7 Å². The molecule has 1 radical (unpaired) electrons. The van der Waals surface area contributed by atoms with Crippen molar-refractivity contribution in [2.75, 3.05) is 0 Å². The van der Waals surface area contributed by atoms with E-state index in [1.54, 1.807) is 0 Å². The molecule has 0 aromatic rings. The molecule has 0 fully saturated rings. The molecule has 10 heteroatoms. The Hall–Kier alpha value is -0.710. The molecular weight excluding hydrogens is 266 g/mol. The van der Waals surface area contributed by atoms with Crippen molar-refractivity contribution in [3.8, 4) is 25.0 Å². The van der Waals surface area contributed by atoms with Gasteiger partial charge < -0.3 is 0 Å². The Bertz CT molecular complexity index is 266. The van der Waals surface area contributed by atoms with Crippen LogP contribution >= 0.6 is 0 Å². The van der Waals surface area contributed by atoms with Gasteiger partial charge in [0.05, 0.1) is 0 Å². The molecule has 8 nitrogen and oxygen atoms in total. The number of hydrogen-bond acceptors (Lipinski definition) is 8. The van der Waals surface area contributed by atoms with Gasteiger partial charge in [-0.1, -0.05) is 0 Å². The summed E-state index contributed by atoms with van der Waals surface area (Å²) in [6, 6.07) is 0. The van der Waals surface area contributed by atoms with E-state index >= 15 is 0 Å². The van der Waals surface area contributed by atoms with Crippen molar-refractivity contribution in [1.82, 2.24) is 0 Å². The number of hydrogen-bond donors (Lipinski definition) is 0. The monoisotopic (exact) mass is 265 g/mol. The van der Waals surface area contributed by atoms with Gasteiger partial charge in [-0.2, -0.15) is 0 Å². The summed E-state index contributed by atoms with van der Waals surface area (Å²) in [5.41, 5.74) is 0. The van der Waals surface area contributed by atoms with E-state index in [2.05, 4.69) is 15.5 Å². The molecule has 0 unspecified atom stereocenters. The molecule has 0 amide bonds. The van der Waals surface area contributed by atoms with E-state index in [1.165, 1.54) is 0 Å². The van der Waals surface area contributed by atoms with E-state index in [1.807, 2.05) is 0 Å². The van der Waals surface area contributed by atoms with Crippen molar-refractivity contribution < 1.29 is 29.2 Å². The van der Waals surface area contributed by atoms with Crippen LogP contribution in [-0.4, -0.2) is 51.4 Å². The van der Waals surface area contributed by atoms with Crippen LogP contribution in [0.2, 0.25) is 0 Å². The second kappa shape index (κ2) is 8.87. The Morgan fingerprint density at radius 2 is 0.857 bits per heavy atom. The second-order valence-corrected chi connectivity index (χ2v) is 2.73. The van der Waals surface area contributed by atoms with Crippen molar-refractivity contribution >= 4 is 51.4 Å². The third-order valence-corrected chi connectivity index (χ3v) is 1.78. The fourth-order valence-corrected chi connectivity index (χ4v) is 0.909. The Morgan fingerprint density at radius 3 is 1.00 bits per heavy atom. The quantitative estimate of drug-likeness (QED) is 0.487. The normalized spacial score (nSPS) is 8.29. The zero-order valence-corrected chi connectivity index (χ0v) is 10.8. The van der Waals surface area contributed by atoms with Crippen molar-refractivity contribution in [1.29, 1.82) is 21.0 Å². The molecule has 14 heavy (non-hydrogen) atoms. The smallest absolute Gasteiger partial charge is 0 e. The summed E-state index contributed by atoms with van der Waals surface area (Å²) in [7, 11) is 0. The van der Waals surface area contributed by atoms with Crippen molar-refractivity contribution in [3.63, 3.8) is 0 Å². The minimum Gasteiger partial charge on any atom is 0 e. The fourth-order valence-electron chi connectivity index (χ4n) is 0.220. The van der Waals surface area contributed by atoms with Crippen LogP contribution in [0.4, 0.5) is 0 Å². The topological polar surface area (TPSA) is 132 Å². The number of nitriles is 4. The first-order valence-corrected chi connectivity index (χ1v) is 3.84.